The number of hydrogen-bond donors (Lipinski definition) is 1. The van der Waals surface area contributed by atoms with Gasteiger partial charge in [0, 0.05) is 19.7 Å². The summed E-state index contributed by atoms with van der Waals surface area (Å²) in [6, 6.07) is 2.24. The fraction of sp³-hybridized carbons (Fsp3) is 0.500. The lowest BCUT2D eigenvalue weighted by Gasteiger charge is -2.15. The third kappa shape index (κ3) is 5.59. The molecular weight excluding hydrogens is 348 g/mol. The maximum atomic E-state index is 12.3. The largest absolute Gasteiger partial charge is 0.493 e. The van der Waals surface area contributed by atoms with Gasteiger partial charge in [-0.2, -0.15) is 0 Å². The van der Waals surface area contributed by atoms with Crippen molar-refractivity contribution in [3.8, 4) is 11.5 Å². The van der Waals surface area contributed by atoms with E-state index < -0.39 is 28.6 Å². The summed E-state index contributed by atoms with van der Waals surface area (Å²) < 4.78 is 20.2. The van der Waals surface area contributed by atoms with Gasteiger partial charge in [-0.25, -0.2) is 4.79 Å². The summed E-state index contributed by atoms with van der Waals surface area (Å²) in [5.74, 6) is -1.30. The number of ether oxygens (including phenoxy) is 4. The van der Waals surface area contributed by atoms with Crippen LogP contribution in [0.25, 0.3) is 0 Å². The van der Waals surface area contributed by atoms with Gasteiger partial charge in [-0.05, 0) is 13.8 Å². The number of rotatable bonds is 10. The third-order valence-corrected chi connectivity index (χ3v) is 3.26. The van der Waals surface area contributed by atoms with E-state index in [1.807, 2.05) is 0 Å². The van der Waals surface area contributed by atoms with Crippen molar-refractivity contribution in [2.24, 2.45) is 0 Å². The van der Waals surface area contributed by atoms with Crippen LogP contribution < -0.4 is 14.8 Å². The molecule has 0 heterocycles. The van der Waals surface area contributed by atoms with E-state index in [0.717, 1.165) is 12.1 Å². The highest BCUT2D eigenvalue weighted by Gasteiger charge is 2.28. The number of nitrogens with one attached hydrogen (secondary N) is 1. The van der Waals surface area contributed by atoms with Crippen molar-refractivity contribution in [2.45, 2.75) is 20.0 Å². The quantitative estimate of drug-likeness (QED) is 0.283. The van der Waals surface area contributed by atoms with Crippen LogP contribution >= 0.6 is 0 Å². The lowest BCUT2D eigenvalue weighted by atomic mass is 10.1. The van der Waals surface area contributed by atoms with E-state index in [4.69, 9.17) is 18.9 Å². The Balaban J connectivity index is 3.03. The number of carbonyl (C=O) groups is 2. The van der Waals surface area contributed by atoms with Gasteiger partial charge in [-0.1, -0.05) is 0 Å². The van der Waals surface area contributed by atoms with Crippen LogP contribution in [-0.2, 0) is 14.3 Å². The third-order valence-electron chi connectivity index (χ3n) is 3.26. The molecular formula is C16H22N2O8. The molecule has 0 radical (unpaired) electrons. The van der Waals surface area contributed by atoms with Crippen LogP contribution in [0.2, 0.25) is 0 Å². The molecule has 26 heavy (non-hydrogen) atoms. The predicted octanol–water partition coefficient (Wildman–Crippen LogP) is 1.31. The topological polar surface area (TPSA) is 126 Å². The van der Waals surface area contributed by atoms with Crippen LogP contribution in [0.3, 0.4) is 0 Å². The molecule has 1 amide bonds. The Hall–Kier alpha value is -2.88. The summed E-state index contributed by atoms with van der Waals surface area (Å²) in [6.45, 7) is 3.87. The van der Waals surface area contributed by atoms with Crippen LogP contribution in [-0.4, -0.2) is 56.9 Å². The second-order valence-corrected chi connectivity index (χ2v) is 5.04. The fourth-order valence-electron chi connectivity index (χ4n) is 1.99. The minimum absolute atomic E-state index is 0.128. The first-order valence-corrected chi connectivity index (χ1v) is 7.82. The molecule has 0 bridgehead atoms. The van der Waals surface area contributed by atoms with Gasteiger partial charge in [-0.3, -0.25) is 14.9 Å². The van der Waals surface area contributed by atoms with Crippen LogP contribution in [0.15, 0.2) is 12.1 Å². The summed E-state index contributed by atoms with van der Waals surface area (Å²) in [7, 11) is 2.82. The monoisotopic (exact) mass is 370 g/mol. The average Bonchev–Trinajstić information content (AvgIpc) is 2.61. The highest BCUT2D eigenvalue weighted by molar-refractivity contribution is 5.96. The Morgan fingerprint density at radius 1 is 1.27 bits per heavy atom. The molecule has 1 rings (SSSR count). The number of carbonyl (C=O) groups excluding carboxylic acids is 2. The normalized spacial score (nSPS) is 11.4. The Morgan fingerprint density at radius 3 is 2.50 bits per heavy atom. The van der Waals surface area contributed by atoms with E-state index in [1.165, 1.54) is 21.1 Å². The van der Waals surface area contributed by atoms with Crippen molar-refractivity contribution < 1.29 is 33.5 Å². The van der Waals surface area contributed by atoms with E-state index in [1.54, 1.807) is 6.92 Å². The van der Waals surface area contributed by atoms with Crippen LogP contribution in [0.1, 0.15) is 24.2 Å². The Kier molecular flexibility index (Phi) is 8.29. The van der Waals surface area contributed by atoms with E-state index in [9.17, 15) is 19.7 Å². The number of benzene rings is 1. The minimum atomic E-state index is -1.14. The van der Waals surface area contributed by atoms with Crippen molar-refractivity contribution in [2.75, 3.05) is 34.0 Å². The molecule has 0 saturated heterocycles. The van der Waals surface area contributed by atoms with Crippen molar-refractivity contribution in [1.29, 1.82) is 0 Å². The number of methoxy groups -OCH3 is 2. The number of hydrogen-bond acceptors (Lipinski definition) is 8. The second-order valence-electron chi connectivity index (χ2n) is 5.04. The minimum Gasteiger partial charge on any atom is -0.493 e. The highest BCUT2D eigenvalue weighted by Crippen LogP contribution is 2.35. The molecule has 0 spiro atoms. The number of esters is 1. The molecule has 144 valence electrons. The first-order chi connectivity index (χ1) is 12.3. The van der Waals surface area contributed by atoms with Crippen molar-refractivity contribution >= 4 is 17.6 Å². The summed E-state index contributed by atoms with van der Waals surface area (Å²) in [5, 5.41) is 13.8. The molecule has 0 aliphatic rings. The summed E-state index contributed by atoms with van der Waals surface area (Å²) in [5.41, 5.74) is -0.849. The fourth-order valence-corrected chi connectivity index (χ4v) is 1.99. The van der Waals surface area contributed by atoms with Crippen LogP contribution in [0, 0.1) is 10.1 Å². The zero-order chi connectivity index (χ0) is 19.7. The van der Waals surface area contributed by atoms with Gasteiger partial charge in [0.25, 0.3) is 11.6 Å². The molecule has 0 fully saturated rings. The molecule has 10 nitrogen and oxygen atoms in total. The van der Waals surface area contributed by atoms with Gasteiger partial charge in [0.15, 0.2) is 17.6 Å². The molecule has 0 aliphatic heterocycles. The predicted molar refractivity (Wildman–Crippen MR) is 90.6 cm³/mol. The van der Waals surface area contributed by atoms with Gasteiger partial charge in [0.2, 0.25) is 0 Å². The van der Waals surface area contributed by atoms with Gasteiger partial charge < -0.3 is 24.3 Å². The lowest BCUT2D eigenvalue weighted by Crippen LogP contribution is -2.37. The number of amides is 1. The van der Waals surface area contributed by atoms with E-state index in [-0.39, 0.29) is 30.2 Å². The molecule has 0 aliphatic carbocycles. The average molecular weight is 370 g/mol. The van der Waals surface area contributed by atoms with Crippen LogP contribution in [0.4, 0.5) is 5.69 Å². The van der Waals surface area contributed by atoms with E-state index in [2.05, 4.69) is 5.32 Å². The van der Waals surface area contributed by atoms with Crippen molar-refractivity contribution in [3.05, 3.63) is 27.8 Å². The number of nitro benzene ring substituents is 1. The number of nitro groups is 1. The van der Waals surface area contributed by atoms with Gasteiger partial charge in [0.05, 0.1) is 31.3 Å². The number of nitrogens with zero attached hydrogens (tertiary/aromatic N) is 1. The molecule has 1 N–H and O–H groups in total. The molecule has 0 unspecified atom stereocenters. The van der Waals surface area contributed by atoms with Crippen molar-refractivity contribution in [1.82, 2.24) is 5.32 Å². The Labute approximate surface area is 150 Å². The maximum absolute atomic E-state index is 12.3. The van der Waals surface area contributed by atoms with Gasteiger partial charge in [-0.15, -0.1) is 0 Å². The first-order valence-electron chi connectivity index (χ1n) is 7.82. The molecule has 10 heteroatoms. The zero-order valence-electron chi connectivity index (χ0n) is 15.1. The van der Waals surface area contributed by atoms with Gasteiger partial charge in [0.1, 0.15) is 5.56 Å². The highest BCUT2D eigenvalue weighted by atomic mass is 16.6. The molecule has 0 saturated carbocycles. The van der Waals surface area contributed by atoms with Crippen LogP contribution in [0.5, 0.6) is 11.5 Å². The standard InChI is InChI=1S/C16H22N2O8/c1-5-25-14-9-12(18(21)22)11(8-13(14)24-4)16(20)26-10(2)15(19)17-6-7-23-3/h8-10H,5-7H2,1-4H3,(H,17,19)/t10-/m1/s1. The summed E-state index contributed by atoms with van der Waals surface area (Å²) in [6.07, 6.45) is -1.14. The smallest absolute Gasteiger partial charge is 0.346 e. The van der Waals surface area contributed by atoms with E-state index >= 15 is 0 Å². The zero-order valence-corrected chi connectivity index (χ0v) is 15.1. The Morgan fingerprint density at radius 2 is 1.96 bits per heavy atom. The Bertz CT molecular complexity index is 662. The SMILES string of the molecule is CCOc1cc([N+](=O)[O-])c(C(=O)O[C@H](C)C(=O)NCCOC)cc1OC. The maximum Gasteiger partial charge on any atom is 0.346 e. The van der Waals surface area contributed by atoms with Crippen molar-refractivity contribution in [3.63, 3.8) is 0 Å². The molecule has 1 atom stereocenters. The lowest BCUT2D eigenvalue weighted by molar-refractivity contribution is -0.385. The second kappa shape index (κ2) is 10.2. The summed E-state index contributed by atoms with van der Waals surface area (Å²) >= 11 is 0. The van der Waals surface area contributed by atoms with Gasteiger partial charge >= 0.3 is 5.97 Å². The molecule has 0 aromatic heterocycles. The summed E-state index contributed by atoms with van der Waals surface area (Å²) in [4.78, 5) is 34.7. The molecule has 1 aromatic carbocycles. The molecule has 1 aromatic rings. The van der Waals surface area contributed by atoms with E-state index in [0.29, 0.717) is 6.61 Å². The first kappa shape index (κ1) is 21.2.